The molecule has 0 bridgehead atoms. The SMILES string of the molecule is CC(C)N1CC(C(=O)[O-])C(=O)C2CC(F)C(NCCN(CCCl)CCCl)CC21. The lowest BCUT2D eigenvalue weighted by Gasteiger charge is -2.50. The van der Waals surface area contributed by atoms with Crippen molar-refractivity contribution in [1.29, 1.82) is 0 Å². The quantitative estimate of drug-likeness (QED) is 0.395. The zero-order valence-electron chi connectivity index (χ0n) is 16.6. The minimum Gasteiger partial charge on any atom is -0.549 e. The lowest BCUT2D eigenvalue weighted by Crippen LogP contribution is -2.64. The predicted molar refractivity (Wildman–Crippen MR) is 106 cm³/mol. The molecule has 0 aromatic heterocycles. The Kier molecular flexibility index (Phi) is 9.41. The van der Waals surface area contributed by atoms with E-state index in [9.17, 15) is 19.1 Å². The van der Waals surface area contributed by atoms with Crippen LogP contribution in [0.3, 0.4) is 0 Å². The van der Waals surface area contributed by atoms with Crippen LogP contribution >= 0.6 is 23.2 Å². The van der Waals surface area contributed by atoms with Gasteiger partial charge in [-0.3, -0.25) is 14.6 Å². The first-order valence-electron chi connectivity index (χ1n) is 10.0. The lowest BCUT2D eigenvalue weighted by atomic mass is 9.71. The standard InChI is InChI=1S/C19H32Cl2FN3O3/c1-12(2)25-11-14(19(27)28)18(26)13-9-15(22)16(10-17(13)25)23-5-8-24(6-3-20)7-4-21/h12-17,23H,3-11H2,1-2H3,(H,27,28)/p-1. The zero-order valence-corrected chi connectivity index (χ0v) is 18.1. The van der Waals surface area contributed by atoms with Gasteiger partial charge in [-0.2, -0.15) is 0 Å². The number of likely N-dealkylation sites (tertiary alicyclic amines) is 1. The van der Waals surface area contributed by atoms with E-state index in [1.165, 1.54) is 0 Å². The van der Waals surface area contributed by atoms with Gasteiger partial charge >= 0.3 is 0 Å². The Morgan fingerprint density at radius 1 is 1.29 bits per heavy atom. The minimum absolute atomic E-state index is 0.0568. The maximum Gasteiger partial charge on any atom is 0.147 e. The summed E-state index contributed by atoms with van der Waals surface area (Å²) in [5, 5.41) is 14.7. The van der Waals surface area contributed by atoms with Gasteiger partial charge in [0.2, 0.25) is 0 Å². The number of aliphatic carboxylic acids is 1. The topological polar surface area (TPSA) is 75.7 Å². The van der Waals surface area contributed by atoms with Gasteiger partial charge in [-0.25, -0.2) is 4.39 Å². The summed E-state index contributed by atoms with van der Waals surface area (Å²) in [6.07, 6.45) is -0.642. The van der Waals surface area contributed by atoms with Crippen molar-refractivity contribution < 1.29 is 19.1 Å². The molecular weight excluding hydrogens is 408 g/mol. The summed E-state index contributed by atoms with van der Waals surface area (Å²) in [6.45, 7) is 6.86. The van der Waals surface area contributed by atoms with E-state index in [0.717, 1.165) is 19.6 Å². The van der Waals surface area contributed by atoms with E-state index in [1.54, 1.807) is 0 Å². The number of rotatable bonds is 10. The van der Waals surface area contributed by atoms with E-state index in [4.69, 9.17) is 23.2 Å². The van der Waals surface area contributed by atoms with E-state index < -0.39 is 24.0 Å². The number of carbonyl (C=O) groups is 2. The Balaban J connectivity index is 2.00. The molecule has 0 aromatic carbocycles. The summed E-state index contributed by atoms with van der Waals surface area (Å²) < 4.78 is 14.8. The first-order valence-corrected chi connectivity index (χ1v) is 11.1. The second-order valence-corrected chi connectivity index (χ2v) is 8.76. The molecule has 1 saturated heterocycles. The second-order valence-electron chi connectivity index (χ2n) is 8.01. The van der Waals surface area contributed by atoms with Crippen molar-refractivity contribution in [2.45, 2.75) is 51.0 Å². The van der Waals surface area contributed by atoms with Gasteiger partial charge in [-0.15, -0.1) is 23.2 Å². The van der Waals surface area contributed by atoms with Crippen molar-refractivity contribution in [3.8, 4) is 0 Å². The summed E-state index contributed by atoms with van der Waals surface area (Å²) in [6, 6.07) is -0.430. The summed E-state index contributed by atoms with van der Waals surface area (Å²) in [4.78, 5) is 28.1. The highest BCUT2D eigenvalue weighted by Crippen LogP contribution is 2.37. The van der Waals surface area contributed by atoms with Crippen molar-refractivity contribution in [3.63, 3.8) is 0 Å². The van der Waals surface area contributed by atoms with Crippen LogP contribution in [0.25, 0.3) is 0 Å². The number of Topliss-reactive ketones (excluding diaryl/α,β-unsaturated/α-hetero) is 1. The van der Waals surface area contributed by atoms with E-state index in [0.29, 0.717) is 24.7 Å². The fraction of sp³-hybridized carbons (Fsp3) is 0.895. The van der Waals surface area contributed by atoms with Crippen molar-refractivity contribution in [3.05, 3.63) is 0 Å². The molecule has 2 aliphatic rings. The third-order valence-electron chi connectivity index (χ3n) is 5.99. The van der Waals surface area contributed by atoms with Gasteiger partial charge in [0.05, 0.1) is 11.9 Å². The molecule has 0 radical (unpaired) electrons. The van der Waals surface area contributed by atoms with Crippen LogP contribution < -0.4 is 10.4 Å². The van der Waals surface area contributed by atoms with Gasteiger partial charge in [-0.1, -0.05) is 0 Å². The number of hydrogen-bond donors (Lipinski definition) is 1. The lowest BCUT2D eigenvalue weighted by molar-refractivity contribution is -0.311. The molecule has 0 amide bonds. The van der Waals surface area contributed by atoms with Gasteiger partial charge in [0.25, 0.3) is 0 Å². The van der Waals surface area contributed by atoms with Crippen LogP contribution in [0.2, 0.25) is 0 Å². The summed E-state index contributed by atoms with van der Waals surface area (Å²) in [5.41, 5.74) is 0. The molecule has 1 N–H and O–H groups in total. The second kappa shape index (κ2) is 11.1. The molecule has 5 atom stereocenters. The minimum atomic E-state index is -1.36. The highest BCUT2D eigenvalue weighted by molar-refractivity contribution is 6.18. The van der Waals surface area contributed by atoms with Crippen LogP contribution in [0, 0.1) is 11.8 Å². The Bertz CT molecular complexity index is 535. The van der Waals surface area contributed by atoms with E-state index >= 15 is 0 Å². The average molecular weight is 439 g/mol. The largest absolute Gasteiger partial charge is 0.549 e. The molecule has 1 heterocycles. The predicted octanol–water partition coefficient (Wildman–Crippen LogP) is 0.500. The van der Waals surface area contributed by atoms with Crippen LogP contribution in [0.1, 0.15) is 26.7 Å². The van der Waals surface area contributed by atoms with Gasteiger partial charge in [-0.05, 0) is 26.7 Å². The van der Waals surface area contributed by atoms with Crippen LogP contribution in [-0.4, -0.2) is 90.3 Å². The van der Waals surface area contributed by atoms with Gasteiger partial charge in [0.15, 0.2) is 0 Å². The monoisotopic (exact) mass is 438 g/mol. The summed E-state index contributed by atoms with van der Waals surface area (Å²) in [7, 11) is 0. The van der Waals surface area contributed by atoms with Crippen molar-refractivity contribution in [2.24, 2.45) is 11.8 Å². The number of piperidine rings is 1. The molecule has 2 fully saturated rings. The van der Waals surface area contributed by atoms with Crippen LogP contribution in [0.15, 0.2) is 0 Å². The van der Waals surface area contributed by atoms with E-state index in [2.05, 4.69) is 10.2 Å². The molecule has 5 unspecified atom stereocenters. The molecule has 0 aromatic rings. The maximum atomic E-state index is 14.8. The van der Waals surface area contributed by atoms with E-state index in [-0.39, 0.29) is 36.9 Å². The molecule has 0 spiro atoms. The van der Waals surface area contributed by atoms with Crippen molar-refractivity contribution in [2.75, 3.05) is 44.5 Å². The molecule has 1 aliphatic carbocycles. The number of halogens is 3. The molecule has 2 rings (SSSR count). The van der Waals surface area contributed by atoms with E-state index in [1.807, 2.05) is 18.7 Å². The molecule has 1 aliphatic heterocycles. The van der Waals surface area contributed by atoms with Crippen molar-refractivity contribution >= 4 is 35.0 Å². The first kappa shape index (κ1) is 23.8. The third kappa shape index (κ3) is 5.79. The molecule has 162 valence electrons. The average Bonchev–Trinajstić information content (AvgIpc) is 2.62. The van der Waals surface area contributed by atoms with Crippen LogP contribution in [0.4, 0.5) is 4.39 Å². The molecule has 6 nitrogen and oxygen atoms in total. The first-order chi connectivity index (χ1) is 13.3. The third-order valence-corrected chi connectivity index (χ3v) is 6.33. The Hall–Kier alpha value is -0.470. The summed E-state index contributed by atoms with van der Waals surface area (Å²) >= 11 is 11.6. The van der Waals surface area contributed by atoms with Crippen molar-refractivity contribution in [1.82, 2.24) is 15.1 Å². The van der Waals surface area contributed by atoms with Gasteiger partial charge < -0.3 is 15.2 Å². The van der Waals surface area contributed by atoms with Gasteiger partial charge in [0, 0.05) is 68.5 Å². The number of hydrogen-bond acceptors (Lipinski definition) is 6. The number of fused-ring (bicyclic) bond motifs is 1. The van der Waals surface area contributed by atoms with Crippen LogP contribution in [0.5, 0.6) is 0 Å². The summed E-state index contributed by atoms with van der Waals surface area (Å²) in [5.74, 6) is -2.46. The zero-order chi connectivity index (χ0) is 20.8. The Morgan fingerprint density at radius 3 is 2.46 bits per heavy atom. The maximum absolute atomic E-state index is 14.8. The fourth-order valence-electron chi connectivity index (χ4n) is 4.48. The fourth-order valence-corrected chi connectivity index (χ4v) is 4.96. The molecule has 1 saturated carbocycles. The number of carbonyl (C=O) groups excluding carboxylic acids is 2. The number of ketones is 1. The van der Waals surface area contributed by atoms with Crippen LogP contribution in [-0.2, 0) is 9.59 Å². The highest BCUT2D eigenvalue weighted by atomic mass is 35.5. The molecule has 28 heavy (non-hydrogen) atoms. The molecule has 9 heteroatoms. The normalized spacial score (nSPS) is 31.4. The number of carboxylic acids is 1. The Morgan fingerprint density at radius 2 is 1.93 bits per heavy atom. The highest BCUT2D eigenvalue weighted by Gasteiger charge is 2.49. The number of alkyl halides is 3. The smallest absolute Gasteiger partial charge is 0.147 e. The van der Waals surface area contributed by atoms with Gasteiger partial charge in [0.1, 0.15) is 12.0 Å². The Labute approximate surface area is 176 Å². The molecular formula is C19H31Cl2FN3O3-. The number of nitrogens with one attached hydrogen (secondary N) is 1. The number of carboxylic acid groups (broad SMARTS) is 1. The number of nitrogens with zero attached hydrogens (tertiary/aromatic N) is 2.